The lowest BCUT2D eigenvalue weighted by Crippen LogP contribution is -2.56. The Balaban J connectivity index is 1.40. The monoisotopic (exact) mass is 426 g/mol. The Kier molecular flexibility index (Phi) is 6.14. The van der Waals surface area contributed by atoms with Crippen LogP contribution in [0.4, 0.5) is 10.1 Å². The number of piperidine rings is 1. The first-order valence-electron chi connectivity index (χ1n) is 11.1. The number of amides is 1. The van der Waals surface area contributed by atoms with Crippen LogP contribution in [0.1, 0.15) is 51.9 Å². The maximum absolute atomic E-state index is 13.3. The van der Waals surface area contributed by atoms with Gasteiger partial charge in [-0.15, -0.1) is 0 Å². The number of ketones is 1. The number of aromatic amines is 1. The topological polar surface area (TPSA) is 59.7 Å². The van der Waals surface area contributed by atoms with Gasteiger partial charge in [0.05, 0.1) is 11.3 Å². The molecule has 0 aliphatic carbocycles. The van der Waals surface area contributed by atoms with E-state index in [1.54, 1.807) is 0 Å². The standard InChI is InChI=1S/C24H31FN4O2/c1-16-22(17(2)26-23(16)18(3)30)24(31)29-10-4-5-21(15-29)28-13-11-27(12-14-28)20-8-6-19(25)7-9-20/h6-9,21,26H,4-5,10-15H2,1-3H3/t21-/m0/s1. The van der Waals surface area contributed by atoms with E-state index in [4.69, 9.17) is 0 Å². The summed E-state index contributed by atoms with van der Waals surface area (Å²) in [5.74, 6) is -0.235. The number of likely N-dealkylation sites (tertiary alicyclic amines) is 1. The first-order chi connectivity index (χ1) is 14.8. The van der Waals surface area contributed by atoms with Crippen molar-refractivity contribution in [2.45, 2.75) is 39.7 Å². The second kappa shape index (κ2) is 8.83. The molecule has 2 fully saturated rings. The molecule has 3 heterocycles. The van der Waals surface area contributed by atoms with Crippen LogP contribution in [0.5, 0.6) is 0 Å². The Morgan fingerprint density at radius 1 is 1.03 bits per heavy atom. The lowest BCUT2D eigenvalue weighted by Gasteiger charge is -2.44. The average Bonchev–Trinajstić information content (AvgIpc) is 3.08. The molecule has 1 N–H and O–H groups in total. The molecular formula is C24H31FN4O2. The molecule has 0 radical (unpaired) electrons. The number of Topliss-reactive ketones (excluding diaryl/α,β-unsaturated/α-hetero) is 1. The molecule has 1 aromatic carbocycles. The van der Waals surface area contributed by atoms with Crippen LogP contribution in [0, 0.1) is 19.7 Å². The molecule has 0 spiro atoms. The molecule has 1 atom stereocenters. The smallest absolute Gasteiger partial charge is 0.256 e. The highest BCUT2D eigenvalue weighted by molar-refractivity contribution is 6.02. The number of aromatic nitrogens is 1. The third kappa shape index (κ3) is 4.37. The van der Waals surface area contributed by atoms with Crippen LogP contribution in [0.2, 0.25) is 0 Å². The predicted octanol–water partition coefficient (Wildman–Crippen LogP) is 3.40. The minimum atomic E-state index is -0.210. The SMILES string of the molecule is CC(=O)c1[nH]c(C)c(C(=O)N2CCC[C@H](N3CCN(c4ccc(F)cc4)CC3)C2)c1C. The number of nitrogens with zero attached hydrogens (tertiary/aromatic N) is 3. The van der Waals surface area contributed by atoms with Crippen molar-refractivity contribution in [3.8, 4) is 0 Å². The Morgan fingerprint density at radius 2 is 1.71 bits per heavy atom. The molecule has 2 aliphatic heterocycles. The van der Waals surface area contributed by atoms with E-state index in [1.165, 1.54) is 19.1 Å². The van der Waals surface area contributed by atoms with Gasteiger partial charge in [0.25, 0.3) is 5.91 Å². The summed E-state index contributed by atoms with van der Waals surface area (Å²) < 4.78 is 13.2. The van der Waals surface area contributed by atoms with E-state index in [0.29, 0.717) is 17.3 Å². The Labute approximate surface area is 183 Å². The van der Waals surface area contributed by atoms with Crippen LogP contribution in [0.15, 0.2) is 24.3 Å². The highest BCUT2D eigenvalue weighted by Gasteiger charge is 2.32. The summed E-state index contributed by atoms with van der Waals surface area (Å²) >= 11 is 0. The van der Waals surface area contributed by atoms with E-state index in [-0.39, 0.29) is 17.5 Å². The lowest BCUT2D eigenvalue weighted by atomic mass is 10.0. The van der Waals surface area contributed by atoms with Crippen LogP contribution < -0.4 is 4.90 Å². The second-order valence-electron chi connectivity index (χ2n) is 8.73. The summed E-state index contributed by atoms with van der Waals surface area (Å²) in [6, 6.07) is 7.04. The minimum Gasteiger partial charge on any atom is -0.369 e. The van der Waals surface area contributed by atoms with Crippen molar-refractivity contribution >= 4 is 17.4 Å². The van der Waals surface area contributed by atoms with E-state index in [0.717, 1.165) is 69.1 Å². The molecule has 31 heavy (non-hydrogen) atoms. The number of anilines is 1. The Morgan fingerprint density at radius 3 is 2.32 bits per heavy atom. The fourth-order valence-electron chi connectivity index (χ4n) is 5.02. The zero-order valence-electron chi connectivity index (χ0n) is 18.6. The number of rotatable bonds is 4. The van der Waals surface area contributed by atoms with Gasteiger partial charge in [-0.05, 0) is 56.5 Å². The zero-order chi connectivity index (χ0) is 22.1. The summed E-state index contributed by atoms with van der Waals surface area (Å²) in [6.07, 6.45) is 2.07. The molecular weight excluding hydrogens is 395 g/mol. The highest BCUT2D eigenvalue weighted by Crippen LogP contribution is 2.25. The molecule has 4 rings (SSSR count). The van der Waals surface area contributed by atoms with Crippen LogP contribution >= 0.6 is 0 Å². The van der Waals surface area contributed by atoms with Crippen LogP contribution in [-0.4, -0.2) is 71.8 Å². The maximum atomic E-state index is 13.3. The molecule has 0 saturated carbocycles. The molecule has 0 unspecified atom stereocenters. The van der Waals surface area contributed by atoms with Crippen molar-refractivity contribution in [2.75, 3.05) is 44.2 Å². The van der Waals surface area contributed by atoms with Gasteiger partial charge < -0.3 is 14.8 Å². The van der Waals surface area contributed by atoms with E-state index in [9.17, 15) is 14.0 Å². The second-order valence-corrected chi connectivity index (χ2v) is 8.73. The number of hydrogen-bond donors (Lipinski definition) is 1. The zero-order valence-corrected chi connectivity index (χ0v) is 18.6. The first kappa shape index (κ1) is 21.6. The number of hydrogen-bond acceptors (Lipinski definition) is 4. The predicted molar refractivity (Wildman–Crippen MR) is 119 cm³/mol. The molecule has 166 valence electrons. The van der Waals surface area contributed by atoms with Gasteiger partial charge in [0, 0.05) is 63.6 Å². The number of carbonyl (C=O) groups is 2. The summed E-state index contributed by atoms with van der Waals surface area (Å²) in [5, 5.41) is 0. The fourth-order valence-corrected chi connectivity index (χ4v) is 5.02. The summed E-state index contributed by atoms with van der Waals surface area (Å²) in [7, 11) is 0. The Hall–Kier alpha value is -2.67. The van der Waals surface area contributed by atoms with E-state index < -0.39 is 0 Å². The summed E-state index contributed by atoms with van der Waals surface area (Å²) in [6.45, 7) is 10.4. The van der Waals surface area contributed by atoms with E-state index in [1.807, 2.05) is 30.9 Å². The largest absolute Gasteiger partial charge is 0.369 e. The molecule has 2 aromatic rings. The molecule has 1 aromatic heterocycles. The van der Waals surface area contributed by atoms with Crippen LogP contribution in [0.3, 0.4) is 0 Å². The lowest BCUT2D eigenvalue weighted by molar-refractivity contribution is 0.0562. The third-order valence-corrected chi connectivity index (χ3v) is 6.71. The van der Waals surface area contributed by atoms with Gasteiger partial charge >= 0.3 is 0 Å². The molecule has 2 saturated heterocycles. The van der Waals surface area contributed by atoms with Crippen molar-refractivity contribution in [3.05, 3.63) is 52.6 Å². The normalized spacial score (nSPS) is 20.2. The van der Waals surface area contributed by atoms with Crippen molar-refractivity contribution in [1.82, 2.24) is 14.8 Å². The summed E-state index contributed by atoms with van der Waals surface area (Å²) in [5.41, 5.74) is 3.76. The first-order valence-corrected chi connectivity index (χ1v) is 11.1. The molecule has 7 heteroatoms. The number of piperazine rings is 1. The quantitative estimate of drug-likeness (QED) is 0.762. The van der Waals surface area contributed by atoms with Gasteiger partial charge in [0.1, 0.15) is 5.82 Å². The highest BCUT2D eigenvalue weighted by atomic mass is 19.1. The number of H-pyrrole nitrogens is 1. The maximum Gasteiger partial charge on any atom is 0.256 e. The molecule has 2 aliphatic rings. The number of aryl methyl sites for hydroxylation is 1. The van der Waals surface area contributed by atoms with Crippen molar-refractivity contribution in [3.63, 3.8) is 0 Å². The van der Waals surface area contributed by atoms with Crippen molar-refractivity contribution < 1.29 is 14.0 Å². The number of carbonyl (C=O) groups excluding carboxylic acids is 2. The number of benzene rings is 1. The minimum absolute atomic E-state index is 0.0217. The van der Waals surface area contributed by atoms with Gasteiger partial charge in [0.2, 0.25) is 0 Å². The Bertz CT molecular complexity index is 961. The van der Waals surface area contributed by atoms with Gasteiger partial charge in [-0.1, -0.05) is 0 Å². The van der Waals surface area contributed by atoms with E-state index in [2.05, 4.69) is 14.8 Å². The fraction of sp³-hybridized carbons (Fsp3) is 0.500. The van der Waals surface area contributed by atoms with E-state index >= 15 is 0 Å². The third-order valence-electron chi connectivity index (χ3n) is 6.71. The van der Waals surface area contributed by atoms with Gasteiger partial charge in [-0.25, -0.2) is 4.39 Å². The number of halogens is 1. The molecule has 1 amide bonds. The van der Waals surface area contributed by atoms with Crippen molar-refractivity contribution in [1.29, 1.82) is 0 Å². The number of nitrogens with one attached hydrogen (secondary N) is 1. The molecule has 6 nitrogen and oxygen atoms in total. The van der Waals surface area contributed by atoms with Crippen LogP contribution in [-0.2, 0) is 0 Å². The summed E-state index contributed by atoms with van der Waals surface area (Å²) in [4.78, 5) is 35.0. The van der Waals surface area contributed by atoms with Gasteiger partial charge in [0.15, 0.2) is 5.78 Å². The van der Waals surface area contributed by atoms with Gasteiger partial charge in [-0.3, -0.25) is 14.5 Å². The van der Waals surface area contributed by atoms with Gasteiger partial charge in [-0.2, -0.15) is 0 Å². The van der Waals surface area contributed by atoms with Crippen molar-refractivity contribution in [2.24, 2.45) is 0 Å². The van der Waals surface area contributed by atoms with Crippen LogP contribution in [0.25, 0.3) is 0 Å². The molecule has 0 bridgehead atoms. The average molecular weight is 427 g/mol.